The second-order valence-corrected chi connectivity index (χ2v) is 5.00. The van der Waals surface area contributed by atoms with Gasteiger partial charge in [0.15, 0.2) is 0 Å². The molecule has 0 aromatic heterocycles. The number of phenols is 1. The first-order chi connectivity index (χ1) is 7.43. The second kappa shape index (κ2) is 3.51. The molecule has 0 saturated carbocycles. The van der Waals surface area contributed by atoms with E-state index in [-0.39, 0.29) is 11.7 Å². The molecule has 1 aliphatic rings. The summed E-state index contributed by atoms with van der Waals surface area (Å²) >= 11 is 0. The Bertz CT molecular complexity index is 435. The molecule has 0 amide bonds. The Morgan fingerprint density at radius 3 is 2.75 bits per heavy atom. The number of fused-ring (bicyclic) bond motifs is 1. The van der Waals surface area contributed by atoms with Crippen LogP contribution in [0.25, 0.3) is 0 Å². The Kier molecular flexibility index (Phi) is 2.41. The Labute approximate surface area is 94.7 Å². The number of carboxylic acids is 1. The van der Waals surface area contributed by atoms with Crippen molar-refractivity contribution in [3.05, 3.63) is 29.3 Å². The van der Waals surface area contributed by atoms with Crippen LogP contribution in [-0.4, -0.2) is 16.2 Å². The van der Waals surface area contributed by atoms with Gasteiger partial charge in [-0.2, -0.15) is 0 Å². The second-order valence-electron chi connectivity index (χ2n) is 5.00. The van der Waals surface area contributed by atoms with Gasteiger partial charge in [0.2, 0.25) is 0 Å². The van der Waals surface area contributed by atoms with Crippen LogP contribution in [0, 0.1) is 5.41 Å². The lowest BCUT2D eigenvalue weighted by atomic mass is 9.75. The molecular weight excluding hydrogens is 204 g/mol. The van der Waals surface area contributed by atoms with E-state index in [0.717, 1.165) is 24.0 Å². The van der Waals surface area contributed by atoms with Crippen molar-refractivity contribution < 1.29 is 15.0 Å². The summed E-state index contributed by atoms with van der Waals surface area (Å²) in [7, 11) is 0. The third kappa shape index (κ3) is 1.56. The normalized spacial score (nSPS) is 19.5. The summed E-state index contributed by atoms with van der Waals surface area (Å²) < 4.78 is 0. The number of carboxylic acid groups (broad SMARTS) is 1. The minimum atomic E-state index is -0.784. The van der Waals surface area contributed by atoms with E-state index in [2.05, 4.69) is 0 Å². The zero-order valence-electron chi connectivity index (χ0n) is 9.53. The highest BCUT2D eigenvalue weighted by Gasteiger charge is 2.41. The molecule has 1 atom stereocenters. The molecule has 1 aromatic carbocycles. The van der Waals surface area contributed by atoms with Crippen LogP contribution in [0.4, 0.5) is 0 Å². The zero-order valence-corrected chi connectivity index (χ0v) is 9.53. The van der Waals surface area contributed by atoms with Gasteiger partial charge in [0, 0.05) is 5.92 Å². The van der Waals surface area contributed by atoms with E-state index in [1.165, 1.54) is 0 Å². The van der Waals surface area contributed by atoms with Crippen molar-refractivity contribution in [1.29, 1.82) is 0 Å². The SMILES string of the molecule is CC(C)(C(=O)O)C1CCc2ccc(O)cc21. The van der Waals surface area contributed by atoms with E-state index in [1.54, 1.807) is 26.0 Å². The monoisotopic (exact) mass is 220 g/mol. The molecule has 0 fully saturated rings. The summed E-state index contributed by atoms with van der Waals surface area (Å²) in [5.74, 6) is -0.576. The van der Waals surface area contributed by atoms with Crippen molar-refractivity contribution >= 4 is 5.97 Å². The molecule has 2 N–H and O–H groups in total. The van der Waals surface area contributed by atoms with E-state index < -0.39 is 11.4 Å². The maximum Gasteiger partial charge on any atom is 0.309 e. The first kappa shape index (κ1) is 11.0. The van der Waals surface area contributed by atoms with Crippen molar-refractivity contribution in [2.75, 3.05) is 0 Å². The Morgan fingerprint density at radius 2 is 2.12 bits per heavy atom. The molecule has 0 radical (unpaired) electrons. The molecule has 0 heterocycles. The van der Waals surface area contributed by atoms with Gasteiger partial charge in [-0.05, 0) is 49.9 Å². The summed E-state index contributed by atoms with van der Waals surface area (Å²) in [6, 6.07) is 5.26. The molecule has 3 nitrogen and oxygen atoms in total. The largest absolute Gasteiger partial charge is 0.508 e. The number of carbonyl (C=O) groups is 1. The lowest BCUT2D eigenvalue weighted by Gasteiger charge is -2.27. The van der Waals surface area contributed by atoms with Gasteiger partial charge in [-0.3, -0.25) is 4.79 Å². The third-order valence-electron chi connectivity index (χ3n) is 3.63. The molecule has 1 aliphatic carbocycles. The van der Waals surface area contributed by atoms with Crippen molar-refractivity contribution in [3.63, 3.8) is 0 Å². The van der Waals surface area contributed by atoms with Crippen LogP contribution in [0.3, 0.4) is 0 Å². The van der Waals surface area contributed by atoms with Crippen LogP contribution in [0.2, 0.25) is 0 Å². The summed E-state index contributed by atoms with van der Waals surface area (Å²) in [6.45, 7) is 3.50. The average molecular weight is 220 g/mol. The molecule has 2 rings (SSSR count). The Balaban J connectivity index is 2.43. The minimum absolute atomic E-state index is 0.00731. The highest BCUT2D eigenvalue weighted by Crippen LogP contribution is 2.46. The maximum atomic E-state index is 11.2. The molecular formula is C13H16O3. The van der Waals surface area contributed by atoms with Gasteiger partial charge >= 0.3 is 5.97 Å². The smallest absolute Gasteiger partial charge is 0.309 e. The number of hydrogen-bond donors (Lipinski definition) is 2. The number of aliphatic carboxylic acids is 1. The first-order valence-corrected chi connectivity index (χ1v) is 5.48. The summed E-state index contributed by atoms with van der Waals surface area (Å²) in [5, 5.41) is 18.7. The summed E-state index contributed by atoms with van der Waals surface area (Å²) in [4.78, 5) is 11.2. The molecule has 16 heavy (non-hydrogen) atoms. The molecule has 1 unspecified atom stereocenters. The molecule has 3 heteroatoms. The molecule has 1 aromatic rings. The van der Waals surface area contributed by atoms with E-state index in [4.69, 9.17) is 0 Å². The Hall–Kier alpha value is -1.51. The van der Waals surface area contributed by atoms with Gasteiger partial charge in [0.1, 0.15) is 5.75 Å². The van der Waals surface area contributed by atoms with Crippen LogP contribution in [0.5, 0.6) is 5.75 Å². The number of benzene rings is 1. The van der Waals surface area contributed by atoms with E-state index in [9.17, 15) is 15.0 Å². The van der Waals surface area contributed by atoms with Crippen LogP contribution in [-0.2, 0) is 11.2 Å². The van der Waals surface area contributed by atoms with Gasteiger partial charge in [0.25, 0.3) is 0 Å². The number of aromatic hydroxyl groups is 1. The average Bonchev–Trinajstić information content (AvgIpc) is 2.60. The number of hydrogen-bond acceptors (Lipinski definition) is 2. The fourth-order valence-electron chi connectivity index (χ4n) is 2.49. The lowest BCUT2D eigenvalue weighted by Crippen LogP contribution is -2.30. The van der Waals surface area contributed by atoms with Gasteiger partial charge in [-0.1, -0.05) is 6.07 Å². The van der Waals surface area contributed by atoms with Crippen molar-refractivity contribution in [3.8, 4) is 5.75 Å². The number of rotatable bonds is 2. The fraction of sp³-hybridized carbons (Fsp3) is 0.462. The van der Waals surface area contributed by atoms with E-state index >= 15 is 0 Å². The van der Waals surface area contributed by atoms with E-state index in [0.29, 0.717) is 0 Å². The highest BCUT2D eigenvalue weighted by atomic mass is 16.4. The van der Waals surface area contributed by atoms with Gasteiger partial charge < -0.3 is 10.2 Å². The number of phenolic OH excluding ortho intramolecular Hbond substituents is 1. The zero-order chi connectivity index (χ0) is 11.9. The van der Waals surface area contributed by atoms with Crippen LogP contribution >= 0.6 is 0 Å². The standard InChI is InChI=1S/C13H16O3/c1-13(2,12(15)16)11-6-4-8-3-5-9(14)7-10(8)11/h3,5,7,11,14H,4,6H2,1-2H3,(H,15,16). The van der Waals surface area contributed by atoms with Crippen molar-refractivity contribution in [2.24, 2.45) is 5.41 Å². The molecule has 0 aliphatic heterocycles. The first-order valence-electron chi connectivity index (χ1n) is 5.48. The van der Waals surface area contributed by atoms with Crippen molar-refractivity contribution in [2.45, 2.75) is 32.6 Å². The fourth-order valence-corrected chi connectivity index (χ4v) is 2.49. The van der Waals surface area contributed by atoms with Gasteiger partial charge in [0.05, 0.1) is 5.41 Å². The lowest BCUT2D eigenvalue weighted by molar-refractivity contribution is -0.148. The molecule has 0 bridgehead atoms. The minimum Gasteiger partial charge on any atom is -0.508 e. The quantitative estimate of drug-likeness (QED) is 0.805. The predicted octanol–water partition coefficient (Wildman–Crippen LogP) is 2.53. The molecule has 86 valence electrons. The van der Waals surface area contributed by atoms with Gasteiger partial charge in [-0.25, -0.2) is 0 Å². The van der Waals surface area contributed by atoms with Crippen LogP contribution < -0.4 is 0 Å². The molecule has 0 saturated heterocycles. The maximum absolute atomic E-state index is 11.2. The topological polar surface area (TPSA) is 57.5 Å². The Morgan fingerprint density at radius 1 is 1.44 bits per heavy atom. The number of aryl methyl sites for hydroxylation is 1. The highest BCUT2D eigenvalue weighted by molar-refractivity contribution is 5.75. The van der Waals surface area contributed by atoms with Crippen LogP contribution in [0.15, 0.2) is 18.2 Å². The molecule has 0 spiro atoms. The van der Waals surface area contributed by atoms with E-state index in [1.807, 2.05) is 6.07 Å². The van der Waals surface area contributed by atoms with Crippen molar-refractivity contribution in [1.82, 2.24) is 0 Å². The predicted molar refractivity (Wildman–Crippen MR) is 60.6 cm³/mol. The third-order valence-corrected chi connectivity index (χ3v) is 3.63. The van der Waals surface area contributed by atoms with Gasteiger partial charge in [-0.15, -0.1) is 0 Å². The summed E-state index contributed by atoms with van der Waals surface area (Å²) in [6.07, 6.45) is 1.75. The van der Waals surface area contributed by atoms with Crippen LogP contribution in [0.1, 0.15) is 37.3 Å². The summed E-state index contributed by atoms with van der Waals surface area (Å²) in [5.41, 5.74) is 1.38.